The molecule has 20 heavy (non-hydrogen) atoms. The van der Waals surface area contributed by atoms with E-state index in [-0.39, 0.29) is 23.6 Å². The van der Waals surface area contributed by atoms with Crippen LogP contribution in [0.4, 0.5) is 13.2 Å². The minimum absolute atomic E-state index is 0.0888. The lowest BCUT2D eigenvalue weighted by atomic mass is 10.1. The lowest BCUT2D eigenvalue weighted by Gasteiger charge is -2.17. The van der Waals surface area contributed by atoms with Gasteiger partial charge in [0.15, 0.2) is 5.12 Å². The van der Waals surface area contributed by atoms with Gasteiger partial charge in [0.2, 0.25) is 0 Å². The average molecular weight is 336 g/mol. The number of carbonyl (C=O) groups excluding carboxylic acids is 1. The number of carbonyl (C=O) groups is 1. The highest BCUT2D eigenvalue weighted by Gasteiger charge is 2.55. The number of rotatable bonds is 3. The van der Waals surface area contributed by atoms with Crippen LogP contribution in [0.1, 0.15) is 6.92 Å². The van der Waals surface area contributed by atoms with Crippen LogP contribution in [-0.2, 0) is 28.6 Å². The molecule has 0 aromatic carbocycles. The van der Waals surface area contributed by atoms with Crippen LogP contribution in [-0.4, -0.2) is 55.8 Å². The molecule has 0 bridgehead atoms. The van der Waals surface area contributed by atoms with E-state index in [1.807, 2.05) is 0 Å². The molecule has 2 saturated heterocycles. The van der Waals surface area contributed by atoms with Crippen molar-refractivity contribution in [3.63, 3.8) is 0 Å². The van der Waals surface area contributed by atoms with Crippen molar-refractivity contribution >= 4 is 27.0 Å². The zero-order valence-corrected chi connectivity index (χ0v) is 11.8. The quantitative estimate of drug-likeness (QED) is 0.553. The zero-order valence-electron chi connectivity index (χ0n) is 10.1. The van der Waals surface area contributed by atoms with Crippen molar-refractivity contribution in [1.29, 1.82) is 0 Å². The highest BCUT2D eigenvalue weighted by Crippen LogP contribution is 2.37. The smallest absolute Gasteiger partial charge is 0.371 e. The summed E-state index contributed by atoms with van der Waals surface area (Å²) in [5.74, 6) is 0. The third-order valence-electron chi connectivity index (χ3n) is 2.81. The van der Waals surface area contributed by atoms with Gasteiger partial charge in [0, 0.05) is 6.92 Å². The van der Waals surface area contributed by atoms with Crippen LogP contribution in [0.3, 0.4) is 0 Å². The molecule has 11 heteroatoms. The van der Waals surface area contributed by atoms with Crippen molar-refractivity contribution in [3.05, 3.63) is 0 Å². The maximum atomic E-state index is 12.2. The van der Waals surface area contributed by atoms with Crippen LogP contribution in [0.2, 0.25) is 0 Å². The van der Waals surface area contributed by atoms with Gasteiger partial charge in [-0.1, -0.05) is 11.8 Å². The number of thioether (sulfide) groups is 1. The second kappa shape index (κ2) is 5.44. The van der Waals surface area contributed by atoms with Crippen LogP contribution in [0.5, 0.6) is 0 Å². The van der Waals surface area contributed by atoms with Gasteiger partial charge in [-0.15, -0.1) is 0 Å². The number of fused-ring (bicyclic) bond motifs is 1. The lowest BCUT2D eigenvalue weighted by molar-refractivity contribution is -0.109. The number of alkyl halides is 3. The van der Waals surface area contributed by atoms with Crippen molar-refractivity contribution in [2.45, 2.75) is 36.0 Å². The summed E-state index contributed by atoms with van der Waals surface area (Å²) in [5, 5.41) is -0.560. The Hall–Kier alpha value is -0.360. The number of hydrogen-bond donors (Lipinski definition) is 0. The van der Waals surface area contributed by atoms with E-state index in [0.717, 1.165) is 11.8 Å². The van der Waals surface area contributed by atoms with Crippen LogP contribution >= 0.6 is 11.8 Å². The normalized spacial score (nSPS) is 34.2. The van der Waals surface area contributed by atoms with E-state index < -0.39 is 33.9 Å². The van der Waals surface area contributed by atoms with Gasteiger partial charge in [-0.2, -0.15) is 21.6 Å². The molecule has 4 atom stereocenters. The molecule has 0 amide bonds. The van der Waals surface area contributed by atoms with Gasteiger partial charge >= 0.3 is 15.6 Å². The SMILES string of the molecule is CC(=O)S[C@H]1COC2C1OC[C@@H]2OS(=O)(=O)C(F)(F)F. The molecule has 2 fully saturated rings. The molecule has 2 unspecified atom stereocenters. The highest BCUT2D eigenvalue weighted by atomic mass is 32.2. The Morgan fingerprint density at radius 1 is 1.25 bits per heavy atom. The molecule has 0 N–H and O–H groups in total. The van der Waals surface area contributed by atoms with Gasteiger partial charge in [0.1, 0.15) is 18.3 Å². The molecular weight excluding hydrogens is 325 g/mol. The average Bonchev–Trinajstić information content (AvgIpc) is 2.81. The minimum atomic E-state index is -5.69. The topological polar surface area (TPSA) is 78.9 Å². The van der Waals surface area contributed by atoms with Crippen LogP contribution in [0, 0.1) is 0 Å². The highest BCUT2D eigenvalue weighted by molar-refractivity contribution is 8.14. The van der Waals surface area contributed by atoms with Crippen molar-refractivity contribution < 1.29 is 40.0 Å². The van der Waals surface area contributed by atoms with Gasteiger partial charge in [0.05, 0.1) is 18.5 Å². The third-order valence-corrected chi connectivity index (χ3v) is 4.92. The van der Waals surface area contributed by atoms with E-state index in [1.54, 1.807) is 0 Å². The molecule has 116 valence electrons. The Labute approximate surface area is 117 Å². The number of ether oxygens (including phenoxy) is 2. The molecule has 2 aliphatic heterocycles. The Morgan fingerprint density at radius 2 is 1.85 bits per heavy atom. The summed E-state index contributed by atoms with van der Waals surface area (Å²) in [6.07, 6.45) is -2.94. The van der Waals surface area contributed by atoms with E-state index in [4.69, 9.17) is 9.47 Å². The molecule has 6 nitrogen and oxygen atoms in total. The summed E-state index contributed by atoms with van der Waals surface area (Å²) in [4.78, 5) is 11.0. The Morgan fingerprint density at radius 3 is 2.40 bits per heavy atom. The van der Waals surface area contributed by atoms with Gasteiger partial charge in [-0.3, -0.25) is 8.98 Å². The van der Waals surface area contributed by atoms with E-state index in [2.05, 4.69) is 4.18 Å². The van der Waals surface area contributed by atoms with Crippen molar-refractivity contribution in [2.24, 2.45) is 0 Å². The van der Waals surface area contributed by atoms with Gasteiger partial charge in [0.25, 0.3) is 0 Å². The standard InChI is InChI=1S/C9H11F3O6S2/c1-4(13)19-6-3-17-7-5(2-16-8(6)7)18-20(14,15)9(10,11)12/h5-8H,2-3H2,1H3/t5-,6-,7?,8?/m0/s1. The van der Waals surface area contributed by atoms with Crippen molar-refractivity contribution in [3.8, 4) is 0 Å². The maximum Gasteiger partial charge on any atom is 0.523 e. The predicted octanol–water partition coefficient (Wildman–Crippen LogP) is 0.667. The fourth-order valence-electron chi connectivity index (χ4n) is 2.04. The first kappa shape index (κ1) is 16.0. The molecular formula is C9H11F3O6S2. The molecule has 0 aliphatic carbocycles. The summed E-state index contributed by atoms with van der Waals surface area (Å²) in [5.41, 5.74) is -5.49. The summed E-state index contributed by atoms with van der Waals surface area (Å²) in [6, 6.07) is 0. The first-order valence-corrected chi connectivity index (χ1v) is 7.80. The molecule has 0 radical (unpaired) electrons. The number of halogens is 3. The molecule has 0 spiro atoms. The second-order valence-corrected chi connectivity index (χ2v) is 7.26. The Bertz CT molecular complexity index is 490. The van der Waals surface area contributed by atoms with Crippen LogP contribution in [0.25, 0.3) is 0 Å². The Kier molecular flexibility index (Phi) is 4.36. The zero-order chi connectivity index (χ0) is 15.1. The first-order valence-electron chi connectivity index (χ1n) is 5.52. The summed E-state index contributed by atoms with van der Waals surface area (Å²) < 4.78 is 73.1. The largest absolute Gasteiger partial charge is 0.523 e. The molecule has 2 rings (SSSR count). The summed E-state index contributed by atoms with van der Waals surface area (Å²) >= 11 is 0.948. The summed E-state index contributed by atoms with van der Waals surface area (Å²) in [7, 11) is -5.69. The van der Waals surface area contributed by atoms with Crippen molar-refractivity contribution in [2.75, 3.05) is 13.2 Å². The van der Waals surface area contributed by atoms with Gasteiger partial charge < -0.3 is 9.47 Å². The fraction of sp³-hybridized carbons (Fsp3) is 0.889. The second-order valence-electron chi connectivity index (χ2n) is 4.28. The fourth-order valence-corrected chi connectivity index (χ4v) is 3.58. The molecule has 0 aromatic rings. The molecule has 2 heterocycles. The van der Waals surface area contributed by atoms with E-state index in [9.17, 15) is 26.4 Å². The van der Waals surface area contributed by atoms with Crippen molar-refractivity contribution in [1.82, 2.24) is 0 Å². The third kappa shape index (κ3) is 3.11. The van der Waals surface area contributed by atoms with Gasteiger partial charge in [-0.05, 0) is 0 Å². The van der Waals surface area contributed by atoms with E-state index in [0.29, 0.717) is 0 Å². The predicted molar refractivity (Wildman–Crippen MR) is 61.4 cm³/mol. The van der Waals surface area contributed by atoms with Crippen LogP contribution in [0.15, 0.2) is 0 Å². The molecule has 0 aromatic heterocycles. The molecule has 2 aliphatic rings. The van der Waals surface area contributed by atoms with Gasteiger partial charge in [-0.25, -0.2) is 0 Å². The molecule has 0 saturated carbocycles. The van der Waals surface area contributed by atoms with E-state index in [1.165, 1.54) is 6.92 Å². The monoisotopic (exact) mass is 336 g/mol. The van der Waals surface area contributed by atoms with Crippen LogP contribution < -0.4 is 0 Å². The van der Waals surface area contributed by atoms with E-state index >= 15 is 0 Å². The maximum absolute atomic E-state index is 12.2. The lowest BCUT2D eigenvalue weighted by Crippen LogP contribution is -2.37. The first-order chi connectivity index (χ1) is 9.12. The summed E-state index contributed by atoms with van der Waals surface area (Å²) in [6.45, 7) is 1.10. The number of hydrogen-bond acceptors (Lipinski definition) is 7. The minimum Gasteiger partial charge on any atom is -0.371 e. The Balaban J connectivity index is 2.03.